The summed E-state index contributed by atoms with van der Waals surface area (Å²) in [5.41, 5.74) is 2.11. The van der Waals surface area contributed by atoms with E-state index in [0.717, 1.165) is 12.1 Å². The highest BCUT2D eigenvalue weighted by atomic mass is 16.2. The van der Waals surface area contributed by atoms with Crippen LogP contribution in [0.2, 0.25) is 0 Å². The van der Waals surface area contributed by atoms with Gasteiger partial charge in [0.05, 0.1) is 6.04 Å². The summed E-state index contributed by atoms with van der Waals surface area (Å²) in [7, 11) is 0. The van der Waals surface area contributed by atoms with E-state index < -0.39 is 0 Å². The van der Waals surface area contributed by atoms with E-state index in [1.165, 1.54) is 5.57 Å². The van der Waals surface area contributed by atoms with E-state index in [4.69, 9.17) is 0 Å². The summed E-state index contributed by atoms with van der Waals surface area (Å²) in [5, 5.41) is 5.46. The van der Waals surface area contributed by atoms with Crippen LogP contribution in [-0.2, 0) is 0 Å². The molecule has 3 nitrogen and oxygen atoms in total. The van der Waals surface area contributed by atoms with Crippen LogP contribution in [0.1, 0.15) is 20.3 Å². The molecule has 1 radical (unpaired) electrons. The van der Waals surface area contributed by atoms with Crippen molar-refractivity contribution in [3.05, 3.63) is 18.2 Å². The van der Waals surface area contributed by atoms with Crippen LogP contribution in [0.4, 0.5) is 4.79 Å². The van der Waals surface area contributed by atoms with E-state index in [1.807, 2.05) is 13.8 Å². The molecule has 3 heteroatoms. The minimum absolute atomic E-state index is 0.118. The molecule has 2 N–H and O–H groups in total. The molecule has 1 unspecified atom stereocenters. The second kappa shape index (κ2) is 2.95. The van der Waals surface area contributed by atoms with Gasteiger partial charge in [-0.15, -0.1) is 0 Å². The first-order valence-electron chi connectivity index (χ1n) is 3.71. The number of rotatable bonds is 1. The number of carbonyl (C=O) groups excluding carboxylic acids is 1. The summed E-state index contributed by atoms with van der Waals surface area (Å²) in [5.74, 6) is 0. The van der Waals surface area contributed by atoms with Gasteiger partial charge in [0, 0.05) is 5.70 Å². The summed E-state index contributed by atoms with van der Waals surface area (Å²) >= 11 is 0. The van der Waals surface area contributed by atoms with Crippen LogP contribution in [0.3, 0.4) is 0 Å². The fourth-order valence-corrected chi connectivity index (χ4v) is 1.30. The summed E-state index contributed by atoms with van der Waals surface area (Å²) in [6.45, 7) is 7.65. The van der Waals surface area contributed by atoms with Crippen molar-refractivity contribution in [3.8, 4) is 0 Å². The van der Waals surface area contributed by atoms with Crippen molar-refractivity contribution in [1.29, 1.82) is 0 Å². The van der Waals surface area contributed by atoms with Gasteiger partial charge < -0.3 is 10.6 Å². The quantitative estimate of drug-likeness (QED) is 0.583. The number of allylic oxidation sites excluding steroid dienone is 1. The summed E-state index contributed by atoms with van der Waals surface area (Å²) < 4.78 is 0. The van der Waals surface area contributed by atoms with Crippen molar-refractivity contribution in [2.75, 3.05) is 0 Å². The lowest BCUT2D eigenvalue weighted by Gasteiger charge is -2.25. The number of amides is 2. The third-order valence-electron chi connectivity index (χ3n) is 1.92. The Morgan fingerprint density at radius 2 is 2.27 bits per heavy atom. The zero-order valence-electron chi connectivity index (χ0n) is 6.90. The Kier molecular flexibility index (Phi) is 2.17. The van der Waals surface area contributed by atoms with Crippen LogP contribution >= 0.6 is 0 Å². The molecule has 0 bridgehead atoms. The van der Waals surface area contributed by atoms with E-state index in [2.05, 4.69) is 17.6 Å². The number of urea groups is 1. The van der Waals surface area contributed by atoms with E-state index in [1.54, 1.807) is 0 Å². The highest BCUT2D eigenvalue weighted by Crippen LogP contribution is 2.13. The third-order valence-corrected chi connectivity index (χ3v) is 1.92. The molecule has 1 aliphatic rings. The summed E-state index contributed by atoms with van der Waals surface area (Å²) in [4.78, 5) is 10.9. The van der Waals surface area contributed by atoms with E-state index >= 15 is 0 Å². The maximum absolute atomic E-state index is 10.9. The molecule has 1 rings (SSSR count). The van der Waals surface area contributed by atoms with Crippen molar-refractivity contribution in [2.45, 2.75) is 26.3 Å². The Bertz CT molecular complexity index is 208. The SMILES string of the molecule is [CH2]CC1=C(C)NC(=O)NC1C. The van der Waals surface area contributed by atoms with Crippen LogP contribution in [0, 0.1) is 6.92 Å². The molecule has 0 saturated heterocycles. The van der Waals surface area contributed by atoms with Gasteiger partial charge in [-0.2, -0.15) is 0 Å². The van der Waals surface area contributed by atoms with Crippen molar-refractivity contribution in [1.82, 2.24) is 10.6 Å². The Hall–Kier alpha value is -0.990. The maximum Gasteiger partial charge on any atom is 0.319 e. The topological polar surface area (TPSA) is 41.1 Å². The second-order valence-electron chi connectivity index (χ2n) is 2.72. The molecule has 1 heterocycles. The van der Waals surface area contributed by atoms with Crippen LogP contribution in [0.25, 0.3) is 0 Å². The molecule has 61 valence electrons. The molecular formula is C8H13N2O. The summed E-state index contributed by atoms with van der Waals surface area (Å²) in [6, 6.07) is 0.00782. The zero-order chi connectivity index (χ0) is 8.43. The largest absolute Gasteiger partial charge is 0.332 e. The Balaban J connectivity index is 2.85. The minimum Gasteiger partial charge on any atom is -0.332 e. The van der Waals surface area contributed by atoms with Gasteiger partial charge in [-0.25, -0.2) is 4.79 Å². The highest BCUT2D eigenvalue weighted by Gasteiger charge is 2.18. The first-order chi connectivity index (χ1) is 5.15. The van der Waals surface area contributed by atoms with E-state index in [0.29, 0.717) is 0 Å². The van der Waals surface area contributed by atoms with Crippen LogP contribution in [0.5, 0.6) is 0 Å². The van der Waals surface area contributed by atoms with Crippen LogP contribution in [-0.4, -0.2) is 12.1 Å². The van der Waals surface area contributed by atoms with Crippen molar-refractivity contribution < 1.29 is 4.79 Å². The van der Waals surface area contributed by atoms with Crippen molar-refractivity contribution in [3.63, 3.8) is 0 Å². The van der Waals surface area contributed by atoms with Gasteiger partial charge in [0.25, 0.3) is 0 Å². The van der Waals surface area contributed by atoms with Crippen LogP contribution < -0.4 is 10.6 Å². The molecule has 0 aliphatic carbocycles. The fourth-order valence-electron chi connectivity index (χ4n) is 1.30. The van der Waals surface area contributed by atoms with E-state index in [-0.39, 0.29) is 12.1 Å². The molecule has 0 aromatic heterocycles. The lowest BCUT2D eigenvalue weighted by Crippen LogP contribution is -2.46. The first kappa shape index (κ1) is 8.11. The molecule has 1 aliphatic heterocycles. The van der Waals surface area contributed by atoms with Crippen LogP contribution in [0.15, 0.2) is 11.3 Å². The van der Waals surface area contributed by atoms with Gasteiger partial charge in [-0.1, -0.05) is 0 Å². The molecule has 2 amide bonds. The lowest BCUT2D eigenvalue weighted by atomic mass is 10.0. The third kappa shape index (κ3) is 1.53. The Labute approximate surface area is 66.9 Å². The second-order valence-corrected chi connectivity index (χ2v) is 2.72. The van der Waals surface area contributed by atoms with Gasteiger partial charge >= 0.3 is 6.03 Å². The monoisotopic (exact) mass is 153 g/mol. The smallest absolute Gasteiger partial charge is 0.319 e. The minimum atomic E-state index is -0.118. The molecule has 0 spiro atoms. The zero-order valence-corrected chi connectivity index (χ0v) is 6.90. The summed E-state index contributed by atoms with van der Waals surface area (Å²) in [6.07, 6.45) is 0.736. The van der Waals surface area contributed by atoms with Crippen molar-refractivity contribution in [2.24, 2.45) is 0 Å². The van der Waals surface area contributed by atoms with Gasteiger partial charge in [0.1, 0.15) is 0 Å². The molecular weight excluding hydrogens is 140 g/mol. The standard InChI is InChI=1S/C8H13N2O/c1-4-7-5(2)9-8(11)10-6(7)3/h5H,1,4H2,2-3H3,(H2,9,10,11). The molecule has 0 aromatic rings. The first-order valence-corrected chi connectivity index (χ1v) is 3.71. The molecule has 11 heavy (non-hydrogen) atoms. The normalized spacial score (nSPS) is 24.6. The van der Waals surface area contributed by atoms with Gasteiger partial charge in [0.15, 0.2) is 0 Å². The average Bonchev–Trinajstić information content (AvgIpc) is 1.85. The number of nitrogens with one attached hydrogen (secondary N) is 2. The lowest BCUT2D eigenvalue weighted by molar-refractivity contribution is 0.239. The van der Waals surface area contributed by atoms with Gasteiger partial charge in [-0.05, 0) is 32.8 Å². The van der Waals surface area contributed by atoms with Gasteiger partial charge in [0.2, 0.25) is 0 Å². The molecule has 0 aromatic carbocycles. The highest BCUT2D eigenvalue weighted by molar-refractivity contribution is 5.78. The fraction of sp³-hybridized carbons (Fsp3) is 0.500. The van der Waals surface area contributed by atoms with Crippen molar-refractivity contribution >= 4 is 6.03 Å². The predicted octanol–water partition coefficient (Wildman–Crippen LogP) is 1.19. The molecule has 1 atom stereocenters. The predicted molar refractivity (Wildman–Crippen MR) is 43.8 cm³/mol. The average molecular weight is 153 g/mol. The Morgan fingerprint density at radius 1 is 1.64 bits per heavy atom. The molecule has 0 saturated carbocycles. The van der Waals surface area contributed by atoms with Gasteiger partial charge in [-0.3, -0.25) is 0 Å². The molecule has 0 fully saturated rings. The maximum atomic E-state index is 10.9. The van der Waals surface area contributed by atoms with E-state index in [9.17, 15) is 4.79 Å². The number of carbonyl (C=O) groups is 1. The Morgan fingerprint density at radius 3 is 2.73 bits per heavy atom. The number of hydrogen-bond donors (Lipinski definition) is 2. The number of hydrogen-bond acceptors (Lipinski definition) is 1.